The Morgan fingerprint density at radius 3 is 2.38 bits per heavy atom. The number of rotatable bonds is 7. The van der Waals surface area contributed by atoms with Crippen molar-refractivity contribution in [3.8, 4) is 11.5 Å². The number of nitrogens with two attached hydrogens (primary N) is 1. The third kappa shape index (κ3) is 4.32. The summed E-state index contributed by atoms with van der Waals surface area (Å²) in [6.45, 7) is 6.60. The number of nitrogens with zero attached hydrogens (tertiary/aromatic N) is 1. The molecule has 0 aromatic heterocycles. The van der Waals surface area contributed by atoms with Gasteiger partial charge < -0.3 is 20.1 Å². The average molecular weight is 310 g/mol. The van der Waals surface area contributed by atoms with E-state index in [1.54, 1.807) is 32.2 Å². The van der Waals surface area contributed by atoms with Gasteiger partial charge >= 0.3 is 0 Å². The Labute approximate surface area is 131 Å². The van der Waals surface area contributed by atoms with Crippen LogP contribution in [0.2, 0.25) is 0 Å². The highest BCUT2D eigenvalue weighted by Gasteiger charge is 2.20. The Balaban J connectivity index is 3.04. The third-order valence-corrected chi connectivity index (χ3v) is 3.44. The molecule has 21 heavy (non-hydrogen) atoms. The van der Waals surface area contributed by atoms with E-state index < -0.39 is 0 Å². The summed E-state index contributed by atoms with van der Waals surface area (Å²) in [4.78, 5) is 14.2. The molecule has 2 N–H and O–H groups in total. The van der Waals surface area contributed by atoms with Crippen LogP contribution in [0.25, 0.3) is 0 Å². The smallest absolute Gasteiger partial charge is 0.254 e. The summed E-state index contributed by atoms with van der Waals surface area (Å²) < 4.78 is 11.0. The van der Waals surface area contributed by atoms with E-state index in [-0.39, 0.29) is 16.9 Å². The van der Waals surface area contributed by atoms with Gasteiger partial charge in [-0.25, -0.2) is 0 Å². The van der Waals surface area contributed by atoms with Crippen molar-refractivity contribution < 1.29 is 14.3 Å². The minimum atomic E-state index is -0.311. The van der Waals surface area contributed by atoms with Crippen LogP contribution in [0.15, 0.2) is 18.2 Å². The van der Waals surface area contributed by atoms with E-state index in [4.69, 9.17) is 27.4 Å². The van der Waals surface area contributed by atoms with Gasteiger partial charge in [0, 0.05) is 12.6 Å². The zero-order valence-corrected chi connectivity index (χ0v) is 13.7. The topological polar surface area (TPSA) is 64.8 Å². The fraction of sp³-hybridized carbons (Fsp3) is 0.467. The first-order valence-electron chi connectivity index (χ1n) is 6.88. The maximum atomic E-state index is 12.4. The fourth-order valence-corrected chi connectivity index (χ4v) is 1.91. The van der Waals surface area contributed by atoms with Gasteiger partial charge in [-0.2, -0.15) is 0 Å². The van der Waals surface area contributed by atoms with E-state index in [0.717, 1.165) is 0 Å². The van der Waals surface area contributed by atoms with Crippen LogP contribution in [0, 0.1) is 0 Å². The van der Waals surface area contributed by atoms with Crippen molar-refractivity contribution in [1.82, 2.24) is 4.90 Å². The first kappa shape index (κ1) is 17.2. The molecule has 0 aliphatic heterocycles. The summed E-state index contributed by atoms with van der Waals surface area (Å²) in [5, 5.41) is 0. The average Bonchev–Trinajstić information content (AvgIpc) is 2.47. The summed E-state index contributed by atoms with van der Waals surface area (Å²) in [6.07, 6.45) is 0. The van der Waals surface area contributed by atoms with Crippen molar-refractivity contribution in [2.45, 2.75) is 26.8 Å². The molecule has 6 heteroatoms. The summed E-state index contributed by atoms with van der Waals surface area (Å²) in [5.74, 6) is 1.02. The summed E-state index contributed by atoms with van der Waals surface area (Å²) in [7, 11) is 1.67. The lowest BCUT2D eigenvalue weighted by molar-refractivity contribution is 0.0778. The second-order valence-electron chi connectivity index (χ2n) is 4.52. The summed E-state index contributed by atoms with van der Waals surface area (Å²) >= 11 is 4.93. The minimum absolute atomic E-state index is 0.167. The third-order valence-electron chi connectivity index (χ3n) is 3.10. The van der Waals surface area contributed by atoms with Crippen LogP contribution < -0.4 is 15.2 Å². The molecule has 0 spiro atoms. The molecule has 0 aliphatic rings. The van der Waals surface area contributed by atoms with Crippen LogP contribution in [0.4, 0.5) is 0 Å². The molecule has 116 valence electrons. The van der Waals surface area contributed by atoms with Gasteiger partial charge in [-0.05, 0) is 39.0 Å². The Morgan fingerprint density at radius 2 is 1.86 bits per heavy atom. The van der Waals surface area contributed by atoms with E-state index in [0.29, 0.717) is 30.3 Å². The van der Waals surface area contributed by atoms with Gasteiger partial charge in [0.1, 0.15) is 0 Å². The highest BCUT2D eigenvalue weighted by atomic mass is 32.1. The first-order chi connectivity index (χ1) is 9.92. The first-order valence-corrected chi connectivity index (χ1v) is 7.29. The number of carbonyl (C=O) groups is 1. The maximum absolute atomic E-state index is 12.4. The standard InChI is InChI=1S/C15H22N2O3S/c1-5-19-12-8-7-11(9-13(12)20-6-2)15(18)17(4)10(3)14(16)21/h7-10H,5-6H2,1-4H3,(H2,16,21). The molecule has 0 heterocycles. The Morgan fingerprint density at radius 1 is 1.29 bits per heavy atom. The van der Waals surface area contributed by atoms with Gasteiger partial charge in [-0.1, -0.05) is 12.2 Å². The number of carbonyl (C=O) groups excluding carboxylic acids is 1. The fourth-order valence-electron chi connectivity index (χ4n) is 1.75. The molecule has 1 amide bonds. The normalized spacial score (nSPS) is 11.6. The molecule has 5 nitrogen and oxygen atoms in total. The molecule has 1 aromatic carbocycles. The molecule has 0 bridgehead atoms. The second-order valence-corrected chi connectivity index (χ2v) is 4.99. The molecule has 1 aromatic rings. The molecule has 1 atom stereocenters. The molecule has 0 aliphatic carbocycles. The van der Waals surface area contributed by atoms with E-state index in [1.165, 1.54) is 4.90 Å². The van der Waals surface area contributed by atoms with Gasteiger partial charge in [-0.15, -0.1) is 0 Å². The minimum Gasteiger partial charge on any atom is -0.490 e. The second kappa shape index (κ2) is 7.83. The highest BCUT2D eigenvalue weighted by Crippen LogP contribution is 2.29. The van der Waals surface area contributed by atoms with Crippen LogP contribution in [-0.4, -0.2) is 42.1 Å². The number of thiocarbonyl (C=S) groups is 1. The van der Waals surface area contributed by atoms with Crippen molar-refractivity contribution in [3.05, 3.63) is 23.8 Å². The molecule has 0 saturated carbocycles. The lowest BCUT2D eigenvalue weighted by Crippen LogP contribution is -2.42. The number of hydrogen-bond donors (Lipinski definition) is 1. The van der Waals surface area contributed by atoms with Crippen molar-refractivity contribution in [3.63, 3.8) is 0 Å². The van der Waals surface area contributed by atoms with Crippen LogP contribution in [0.3, 0.4) is 0 Å². The van der Waals surface area contributed by atoms with E-state index >= 15 is 0 Å². The molecule has 0 radical (unpaired) electrons. The molecular weight excluding hydrogens is 288 g/mol. The van der Waals surface area contributed by atoms with Gasteiger partial charge in [-0.3, -0.25) is 4.79 Å². The molecule has 0 saturated heterocycles. The lowest BCUT2D eigenvalue weighted by Gasteiger charge is -2.24. The van der Waals surface area contributed by atoms with Crippen molar-refractivity contribution >= 4 is 23.1 Å². The number of benzene rings is 1. The summed E-state index contributed by atoms with van der Waals surface area (Å²) in [6, 6.07) is 4.81. The predicted molar refractivity (Wildman–Crippen MR) is 87.1 cm³/mol. The van der Waals surface area contributed by atoms with Gasteiger partial charge in [0.05, 0.1) is 24.2 Å². The Hall–Kier alpha value is -1.82. The van der Waals surface area contributed by atoms with Crippen LogP contribution in [0.1, 0.15) is 31.1 Å². The van der Waals surface area contributed by atoms with E-state index in [9.17, 15) is 4.79 Å². The summed E-state index contributed by atoms with van der Waals surface area (Å²) in [5.41, 5.74) is 6.09. The predicted octanol–water partition coefficient (Wildman–Crippen LogP) is 2.23. The number of ether oxygens (including phenoxy) is 2. The Bertz CT molecular complexity index is 520. The zero-order chi connectivity index (χ0) is 16.0. The van der Waals surface area contributed by atoms with Crippen molar-refractivity contribution in [1.29, 1.82) is 0 Å². The monoisotopic (exact) mass is 310 g/mol. The van der Waals surface area contributed by atoms with Crippen molar-refractivity contribution in [2.75, 3.05) is 20.3 Å². The largest absolute Gasteiger partial charge is 0.490 e. The number of hydrogen-bond acceptors (Lipinski definition) is 4. The quantitative estimate of drug-likeness (QED) is 0.782. The number of amides is 1. The molecule has 0 fully saturated rings. The van der Waals surface area contributed by atoms with Crippen LogP contribution in [0.5, 0.6) is 11.5 Å². The number of likely N-dealkylation sites (N-methyl/N-ethyl adjacent to an activating group) is 1. The van der Waals surface area contributed by atoms with Crippen LogP contribution >= 0.6 is 12.2 Å². The SMILES string of the molecule is CCOc1ccc(C(=O)N(C)C(C)C(N)=S)cc1OCC. The van der Waals surface area contributed by atoms with Crippen LogP contribution in [-0.2, 0) is 0 Å². The Kier molecular flexibility index (Phi) is 6.42. The van der Waals surface area contributed by atoms with E-state index in [2.05, 4.69) is 0 Å². The molecule has 1 unspecified atom stereocenters. The van der Waals surface area contributed by atoms with Gasteiger partial charge in [0.15, 0.2) is 11.5 Å². The van der Waals surface area contributed by atoms with Crippen molar-refractivity contribution in [2.24, 2.45) is 5.73 Å². The molecular formula is C15H22N2O3S. The zero-order valence-electron chi connectivity index (χ0n) is 12.9. The van der Waals surface area contributed by atoms with Gasteiger partial charge in [0.25, 0.3) is 5.91 Å². The van der Waals surface area contributed by atoms with E-state index in [1.807, 2.05) is 13.8 Å². The van der Waals surface area contributed by atoms with Gasteiger partial charge in [0.2, 0.25) is 0 Å². The lowest BCUT2D eigenvalue weighted by atomic mass is 10.1. The highest BCUT2D eigenvalue weighted by molar-refractivity contribution is 7.80. The maximum Gasteiger partial charge on any atom is 0.254 e. The molecule has 1 rings (SSSR count).